The maximum atomic E-state index is 13.2. The molecule has 15 heavy (non-hydrogen) atoms. The monoisotopic (exact) mass is 207 g/mol. The van der Waals surface area contributed by atoms with Gasteiger partial charge in [0.15, 0.2) is 5.82 Å². The van der Waals surface area contributed by atoms with Crippen molar-refractivity contribution in [1.82, 2.24) is 4.98 Å². The van der Waals surface area contributed by atoms with Crippen molar-refractivity contribution in [2.75, 3.05) is 0 Å². The summed E-state index contributed by atoms with van der Waals surface area (Å²) in [6.45, 7) is 0. The average molecular weight is 207 g/mol. The Labute approximate surface area is 83.5 Å². The van der Waals surface area contributed by atoms with Crippen LogP contribution in [0.4, 0.5) is 8.78 Å². The minimum Gasteiger partial charge on any atom is -0.364 e. The third-order valence-electron chi connectivity index (χ3n) is 1.88. The number of nitrogens with two attached hydrogens (primary N) is 1. The highest BCUT2D eigenvalue weighted by Gasteiger charge is 2.09. The highest BCUT2D eigenvalue weighted by atomic mass is 19.1. The number of pyridine rings is 1. The van der Waals surface area contributed by atoms with Crippen molar-refractivity contribution in [2.24, 2.45) is 5.73 Å². The lowest BCUT2D eigenvalue weighted by Crippen LogP contribution is -2.13. The second kappa shape index (κ2) is 3.27. The van der Waals surface area contributed by atoms with Crippen molar-refractivity contribution in [2.45, 2.75) is 0 Å². The maximum absolute atomic E-state index is 13.2. The number of fused-ring (bicyclic) bond motifs is 1. The van der Waals surface area contributed by atoms with Crippen molar-refractivity contribution in [3.8, 4) is 0 Å². The Morgan fingerprint density at radius 1 is 1.40 bits per heavy atom. The standard InChI is InChI=1S/C10H5F2N2O/c11-6-3-5-1-2-8(10(13)15)14-9(5)7(12)4-6/h2-4H,(H2,13,15). The number of rotatable bonds is 1. The molecule has 0 bridgehead atoms. The summed E-state index contributed by atoms with van der Waals surface area (Å²) in [5.74, 6) is -2.34. The summed E-state index contributed by atoms with van der Waals surface area (Å²) >= 11 is 0. The molecule has 0 saturated carbocycles. The Kier molecular flexibility index (Phi) is 2.07. The van der Waals surface area contributed by atoms with E-state index in [-0.39, 0.29) is 16.6 Å². The molecule has 1 radical (unpaired) electrons. The molecule has 0 fully saturated rings. The topological polar surface area (TPSA) is 56.0 Å². The molecule has 0 unspecified atom stereocenters. The number of halogens is 2. The number of hydrogen-bond donors (Lipinski definition) is 1. The van der Waals surface area contributed by atoms with Crippen LogP contribution in [0.3, 0.4) is 0 Å². The number of aromatic nitrogens is 1. The summed E-state index contributed by atoms with van der Waals surface area (Å²) in [7, 11) is 0. The molecule has 3 nitrogen and oxygen atoms in total. The molecule has 2 aromatic rings. The van der Waals surface area contributed by atoms with Crippen LogP contribution in [-0.4, -0.2) is 10.9 Å². The van der Waals surface area contributed by atoms with Gasteiger partial charge in [-0.15, -0.1) is 0 Å². The molecule has 0 aliphatic carbocycles. The molecule has 5 heteroatoms. The largest absolute Gasteiger partial charge is 0.364 e. The fourth-order valence-corrected chi connectivity index (χ4v) is 1.21. The van der Waals surface area contributed by atoms with E-state index in [4.69, 9.17) is 5.73 Å². The van der Waals surface area contributed by atoms with E-state index >= 15 is 0 Å². The zero-order valence-corrected chi connectivity index (χ0v) is 7.42. The second-order valence-electron chi connectivity index (χ2n) is 2.93. The Balaban J connectivity index is 2.76. The Bertz CT molecular complexity index is 554. The summed E-state index contributed by atoms with van der Waals surface area (Å²) in [4.78, 5) is 14.4. The van der Waals surface area contributed by atoms with Crippen molar-refractivity contribution >= 4 is 16.8 Å². The summed E-state index contributed by atoms with van der Waals surface area (Å²) in [5.41, 5.74) is 4.75. The van der Waals surface area contributed by atoms with Gasteiger partial charge in [-0.25, -0.2) is 13.8 Å². The minimum absolute atomic E-state index is 0.104. The van der Waals surface area contributed by atoms with Gasteiger partial charge in [-0.1, -0.05) is 0 Å². The molecule has 0 atom stereocenters. The number of carbonyl (C=O) groups excluding carboxylic acids is 1. The van der Waals surface area contributed by atoms with Gasteiger partial charge in [0, 0.05) is 11.5 Å². The molecule has 1 aromatic heterocycles. The van der Waals surface area contributed by atoms with E-state index < -0.39 is 17.5 Å². The first-order valence-corrected chi connectivity index (χ1v) is 4.05. The van der Waals surface area contributed by atoms with Crippen LogP contribution in [-0.2, 0) is 0 Å². The molecule has 0 saturated heterocycles. The van der Waals surface area contributed by atoms with Crippen molar-refractivity contribution < 1.29 is 13.6 Å². The predicted octanol–water partition coefficient (Wildman–Crippen LogP) is 1.41. The molecule has 0 aliphatic rings. The number of carbonyl (C=O) groups is 1. The lowest BCUT2D eigenvalue weighted by molar-refractivity contribution is 0.0996. The number of nitrogens with zero attached hydrogens (tertiary/aromatic N) is 1. The second-order valence-corrected chi connectivity index (χ2v) is 2.93. The summed E-state index contributed by atoms with van der Waals surface area (Å²) in [6.07, 6.45) is 0. The lowest BCUT2D eigenvalue weighted by atomic mass is 10.2. The summed E-state index contributed by atoms with van der Waals surface area (Å²) < 4.78 is 26.0. The molecule has 1 amide bonds. The van der Waals surface area contributed by atoms with E-state index in [0.29, 0.717) is 6.07 Å². The molecule has 0 aliphatic heterocycles. The summed E-state index contributed by atoms with van der Waals surface area (Å²) in [5, 5.41) is 0.164. The van der Waals surface area contributed by atoms with Gasteiger partial charge in [0.1, 0.15) is 17.0 Å². The van der Waals surface area contributed by atoms with Crippen LogP contribution in [0.5, 0.6) is 0 Å². The van der Waals surface area contributed by atoms with Gasteiger partial charge in [-0.2, -0.15) is 0 Å². The third-order valence-corrected chi connectivity index (χ3v) is 1.88. The molecular formula is C10H5F2N2O. The molecule has 1 aromatic carbocycles. The van der Waals surface area contributed by atoms with Gasteiger partial charge in [0.25, 0.3) is 5.91 Å². The number of benzene rings is 1. The molecule has 2 N–H and O–H groups in total. The Hall–Kier alpha value is -2.04. The van der Waals surface area contributed by atoms with Crippen LogP contribution >= 0.6 is 0 Å². The highest BCUT2D eigenvalue weighted by Crippen LogP contribution is 2.17. The van der Waals surface area contributed by atoms with E-state index in [2.05, 4.69) is 11.1 Å². The van der Waals surface area contributed by atoms with Crippen LogP contribution in [0.25, 0.3) is 10.9 Å². The number of amides is 1. The SMILES string of the molecule is NC(=O)c1c[c]c2cc(F)cc(F)c2n1. The highest BCUT2D eigenvalue weighted by molar-refractivity contribution is 5.93. The minimum atomic E-state index is -0.843. The molecule has 0 spiro atoms. The van der Waals surface area contributed by atoms with Crippen LogP contribution in [0.1, 0.15) is 10.5 Å². The third kappa shape index (κ3) is 1.63. The van der Waals surface area contributed by atoms with Crippen LogP contribution < -0.4 is 5.73 Å². The molecular weight excluding hydrogens is 202 g/mol. The molecule has 2 rings (SSSR count). The lowest BCUT2D eigenvalue weighted by Gasteiger charge is -2.00. The van der Waals surface area contributed by atoms with E-state index in [1.54, 1.807) is 0 Å². The van der Waals surface area contributed by atoms with Gasteiger partial charge in [-0.3, -0.25) is 4.79 Å². The first kappa shape index (κ1) is 9.51. The van der Waals surface area contributed by atoms with Gasteiger partial charge < -0.3 is 5.73 Å². The van der Waals surface area contributed by atoms with E-state index in [1.165, 1.54) is 6.07 Å². The first-order chi connectivity index (χ1) is 7.08. The number of hydrogen-bond acceptors (Lipinski definition) is 2. The van der Waals surface area contributed by atoms with Crippen molar-refractivity contribution in [3.05, 3.63) is 41.6 Å². The van der Waals surface area contributed by atoms with E-state index in [9.17, 15) is 13.6 Å². The van der Waals surface area contributed by atoms with E-state index in [1.807, 2.05) is 0 Å². The van der Waals surface area contributed by atoms with Gasteiger partial charge in [0.05, 0.1) is 0 Å². The van der Waals surface area contributed by atoms with E-state index in [0.717, 1.165) is 6.07 Å². The van der Waals surface area contributed by atoms with Gasteiger partial charge >= 0.3 is 0 Å². The fourth-order valence-electron chi connectivity index (χ4n) is 1.21. The zero-order chi connectivity index (χ0) is 11.0. The number of primary amides is 1. The van der Waals surface area contributed by atoms with Crippen LogP contribution in [0, 0.1) is 17.7 Å². The Morgan fingerprint density at radius 2 is 2.13 bits per heavy atom. The fraction of sp³-hybridized carbons (Fsp3) is 0. The average Bonchev–Trinajstić information content (AvgIpc) is 2.16. The summed E-state index contributed by atoms with van der Waals surface area (Å²) in [6, 6.07) is 5.51. The van der Waals surface area contributed by atoms with Crippen molar-refractivity contribution in [3.63, 3.8) is 0 Å². The Morgan fingerprint density at radius 3 is 2.80 bits per heavy atom. The normalized spacial score (nSPS) is 10.5. The smallest absolute Gasteiger partial charge is 0.267 e. The quantitative estimate of drug-likeness (QED) is 0.768. The molecule has 75 valence electrons. The molecule has 1 heterocycles. The van der Waals surface area contributed by atoms with Crippen LogP contribution in [0.15, 0.2) is 18.2 Å². The van der Waals surface area contributed by atoms with Crippen molar-refractivity contribution in [1.29, 1.82) is 0 Å². The van der Waals surface area contributed by atoms with Crippen LogP contribution in [0.2, 0.25) is 0 Å². The van der Waals surface area contributed by atoms with Gasteiger partial charge in [-0.05, 0) is 18.2 Å². The predicted molar refractivity (Wildman–Crippen MR) is 49.0 cm³/mol. The maximum Gasteiger partial charge on any atom is 0.267 e. The van der Waals surface area contributed by atoms with Gasteiger partial charge in [0.2, 0.25) is 0 Å². The first-order valence-electron chi connectivity index (χ1n) is 4.05. The zero-order valence-electron chi connectivity index (χ0n) is 7.42.